The van der Waals surface area contributed by atoms with Crippen molar-refractivity contribution >= 4 is 33.2 Å². The SMILES string of the molecule is O=C(CN(CCc1ccccc1)S(=O)(=O)c1ccccc1)Nc1ccccc1Cl. The molecule has 0 fully saturated rings. The molecule has 7 heteroatoms. The van der Waals surface area contributed by atoms with Crippen LogP contribution < -0.4 is 5.32 Å². The lowest BCUT2D eigenvalue weighted by Gasteiger charge is -2.22. The summed E-state index contributed by atoms with van der Waals surface area (Å²) in [4.78, 5) is 12.7. The summed E-state index contributed by atoms with van der Waals surface area (Å²) in [5, 5.41) is 3.08. The van der Waals surface area contributed by atoms with Gasteiger partial charge >= 0.3 is 0 Å². The zero-order valence-corrected chi connectivity index (χ0v) is 17.2. The first kappa shape index (κ1) is 21.0. The highest BCUT2D eigenvalue weighted by Gasteiger charge is 2.26. The Balaban J connectivity index is 1.80. The Kier molecular flexibility index (Phi) is 7.04. The summed E-state index contributed by atoms with van der Waals surface area (Å²) in [6, 6.07) is 24.5. The number of halogens is 1. The molecule has 3 aromatic rings. The molecule has 0 spiro atoms. The fourth-order valence-electron chi connectivity index (χ4n) is 2.84. The molecule has 0 atom stereocenters. The first-order chi connectivity index (χ1) is 14.0. The number of carbonyl (C=O) groups is 1. The number of nitrogens with zero attached hydrogens (tertiary/aromatic N) is 1. The Morgan fingerprint density at radius 1 is 0.862 bits per heavy atom. The number of carbonyl (C=O) groups excluding carboxylic acids is 1. The van der Waals surface area contributed by atoms with Gasteiger partial charge < -0.3 is 5.32 Å². The van der Waals surface area contributed by atoms with E-state index in [1.807, 2.05) is 30.3 Å². The quantitative estimate of drug-likeness (QED) is 0.584. The van der Waals surface area contributed by atoms with Crippen molar-refractivity contribution in [2.45, 2.75) is 11.3 Å². The molecule has 1 amide bonds. The summed E-state index contributed by atoms with van der Waals surface area (Å²) in [7, 11) is -3.83. The molecule has 150 valence electrons. The summed E-state index contributed by atoms with van der Waals surface area (Å²) in [6.07, 6.45) is 0.492. The number of amides is 1. The second-order valence-corrected chi connectivity index (χ2v) is 8.76. The lowest BCUT2D eigenvalue weighted by atomic mass is 10.1. The van der Waals surface area contributed by atoms with Crippen LogP contribution in [-0.4, -0.2) is 31.7 Å². The van der Waals surface area contributed by atoms with Gasteiger partial charge in [0.05, 0.1) is 22.2 Å². The monoisotopic (exact) mass is 428 g/mol. The van der Waals surface area contributed by atoms with E-state index in [4.69, 9.17) is 11.6 Å². The van der Waals surface area contributed by atoms with E-state index in [0.717, 1.165) is 5.56 Å². The summed E-state index contributed by atoms with van der Waals surface area (Å²) in [5.74, 6) is -0.453. The van der Waals surface area contributed by atoms with Crippen LogP contribution in [0.3, 0.4) is 0 Å². The maximum absolute atomic E-state index is 13.1. The molecule has 5 nitrogen and oxygen atoms in total. The molecule has 0 unspecified atom stereocenters. The maximum atomic E-state index is 13.1. The Hall–Kier alpha value is -2.67. The summed E-state index contributed by atoms with van der Waals surface area (Å²) in [5.41, 5.74) is 1.44. The topological polar surface area (TPSA) is 66.5 Å². The standard InChI is InChI=1S/C22H21ClN2O3S/c23-20-13-7-8-14-21(20)24-22(26)17-25(16-15-18-9-3-1-4-10-18)29(27,28)19-11-5-2-6-12-19/h1-14H,15-17H2,(H,24,26). The Bertz CT molecular complexity index is 1060. The lowest BCUT2D eigenvalue weighted by molar-refractivity contribution is -0.116. The van der Waals surface area contributed by atoms with Crippen molar-refractivity contribution in [2.24, 2.45) is 0 Å². The highest BCUT2D eigenvalue weighted by molar-refractivity contribution is 7.89. The van der Waals surface area contributed by atoms with E-state index in [-0.39, 0.29) is 18.0 Å². The molecule has 1 N–H and O–H groups in total. The van der Waals surface area contributed by atoms with Crippen molar-refractivity contribution in [3.63, 3.8) is 0 Å². The van der Waals surface area contributed by atoms with Crippen molar-refractivity contribution in [3.05, 3.63) is 95.5 Å². The van der Waals surface area contributed by atoms with Gasteiger partial charge in [0.25, 0.3) is 0 Å². The van der Waals surface area contributed by atoms with E-state index in [9.17, 15) is 13.2 Å². The van der Waals surface area contributed by atoms with Crippen LogP contribution in [0.5, 0.6) is 0 Å². The molecule has 0 aliphatic heterocycles. The van der Waals surface area contributed by atoms with E-state index in [0.29, 0.717) is 17.1 Å². The van der Waals surface area contributed by atoms with E-state index >= 15 is 0 Å². The number of anilines is 1. The second-order valence-electron chi connectivity index (χ2n) is 6.42. The highest BCUT2D eigenvalue weighted by atomic mass is 35.5. The van der Waals surface area contributed by atoms with Crippen LogP contribution in [0.15, 0.2) is 89.8 Å². The first-order valence-electron chi connectivity index (χ1n) is 9.10. The van der Waals surface area contributed by atoms with Crippen LogP contribution in [0, 0.1) is 0 Å². The van der Waals surface area contributed by atoms with E-state index in [1.54, 1.807) is 42.5 Å². The van der Waals surface area contributed by atoms with Crippen LogP contribution in [-0.2, 0) is 21.2 Å². The zero-order valence-electron chi connectivity index (χ0n) is 15.7. The molecule has 0 bridgehead atoms. The summed E-state index contributed by atoms with van der Waals surface area (Å²) >= 11 is 6.09. The van der Waals surface area contributed by atoms with E-state index in [1.165, 1.54) is 16.4 Å². The van der Waals surface area contributed by atoms with Crippen molar-refractivity contribution in [1.82, 2.24) is 4.31 Å². The van der Waals surface area contributed by atoms with Gasteiger partial charge in [-0.3, -0.25) is 4.79 Å². The Labute approximate surface area is 176 Å². The fourth-order valence-corrected chi connectivity index (χ4v) is 4.44. The summed E-state index contributed by atoms with van der Waals surface area (Å²) in [6.45, 7) is -0.132. The number of rotatable bonds is 8. The van der Waals surface area contributed by atoms with Gasteiger partial charge in [-0.15, -0.1) is 0 Å². The molecule has 0 aromatic heterocycles. The molecule has 29 heavy (non-hydrogen) atoms. The zero-order chi connectivity index (χ0) is 20.7. The predicted molar refractivity (Wildman–Crippen MR) is 115 cm³/mol. The maximum Gasteiger partial charge on any atom is 0.243 e. The average molecular weight is 429 g/mol. The average Bonchev–Trinajstić information content (AvgIpc) is 2.74. The van der Waals surface area contributed by atoms with Crippen molar-refractivity contribution in [3.8, 4) is 0 Å². The van der Waals surface area contributed by atoms with Crippen molar-refractivity contribution < 1.29 is 13.2 Å². The van der Waals surface area contributed by atoms with Crippen LogP contribution in [0.4, 0.5) is 5.69 Å². The van der Waals surface area contributed by atoms with Gasteiger partial charge in [0.15, 0.2) is 0 Å². The van der Waals surface area contributed by atoms with Gasteiger partial charge in [-0.05, 0) is 36.2 Å². The number of hydrogen-bond acceptors (Lipinski definition) is 3. The minimum atomic E-state index is -3.83. The highest BCUT2D eigenvalue weighted by Crippen LogP contribution is 2.21. The minimum Gasteiger partial charge on any atom is -0.324 e. The molecule has 0 aliphatic carbocycles. The van der Waals surface area contributed by atoms with Crippen LogP contribution in [0.25, 0.3) is 0 Å². The third-order valence-corrected chi connectivity index (χ3v) is 6.53. The number of nitrogens with one attached hydrogen (secondary N) is 1. The smallest absolute Gasteiger partial charge is 0.243 e. The molecule has 3 aromatic carbocycles. The van der Waals surface area contributed by atoms with E-state index in [2.05, 4.69) is 5.32 Å². The largest absolute Gasteiger partial charge is 0.324 e. The molecular weight excluding hydrogens is 408 g/mol. The number of sulfonamides is 1. The molecule has 3 rings (SSSR count). The van der Waals surface area contributed by atoms with Crippen LogP contribution in [0.1, 0.15) is 5.56 Å². The molecule has 0 aliphatic rings. The van der Waals surface area contributed by atoms with Gasteiger partial charge in [-0.1, -0.05) is 72.3 Å². The molecule has 0 radical (unpaired) electrons. The van der Waals surface area contributed by atoms with Crippen LogP contribution in [0.2, 0.25) is 5.02 Å². The first-order valence-corrected chi connectivity index (χ1v) is 10.9. The van der Waals surface area contributed by atoms with Crippen LogP contribution >= 0.6 is 11.6 Å². The number of para-hydroxylation sites is 1. The van der Waals surface area contributed by atoms with Gasteiger partial charge in [0.1, 0.15) is 0 Å². The third-order valence-electron chi connectivity index (χ3n) is 4.34. The predicted octanol–water partition coefficient (Wildman–Crippen LogP) is 4.21. The summed E-state index contributed by atoms with van der Waals surface area (Å²) < 4.78 is 27.5. The third kappa shape index (κ3) is 5.67. The fraction of sp³-hybridized carbons (Fsp3) is 0.136. The molecule has 0 saturated heterocycles. The Morgan fingerprint density at radius 2 is 1.45 bits per heavy atom. The molecule has 0 heterocycles. The van der Waals surface area contributed by atoms with Gasteiger partial charge in [0, 0.05) is 6.54 Å². The molecular formula is C22H21ClN2O3S. The van der Waals surface area contributed by atoms with Gasteiger partial charge in [-0.25, -0.2) is 8.42 Å². The number of hydrogen-bond donors (Lipinski definition) is 1. The van der Waals surface area contributed by atoms with E-state index < -0.39 is 15.9 Å². The molecule has 0 saturated carbocycles. The Morgan fingerprint density at radius 3 is 2.10 bits per heavy atom. The van der Waals surface area contributed by atoms with Crippen molar-refractivity contribution in [2.75, 3.05) is 18.4 Å². The second kappa shape index (κ2) is 9.69. The normalized spacial score (nSPS) is 11.4. The van der Waals surface area contributed by atoms with Gasteiger partial charge in [-0.2, -0.15) is 4.31 Å². The number of benzene rings is 3. The lowest BCUT2D eigenvalue weighted by Crippen LogP contribution is -2.39. The van der Waals surface area contributed by atoms with Gasteiger partial charge in [0.2, 0.25) is 15.9 Å². The van der Waals surface area contributed by atoms with Crippen molar-refractivity contribution in [1.29, 1.82) is 0 Å². The minimum absolute atomic E-state index is 0.151.